The molecule has 0 aliphatic rings. The third-order valence-electron chi connectivity index (χ3n) is 2.29. The second kappa shape index (κ2) is 4.53. The highest BCUT2D eigenvalue weighted by Gasteiger charge is 2.13. The van der Waals surface area contributed by atoms with Crippen LogP contribution >= 0.6 is 22.9 Å². The van der Waals surface area contributed by atoms with Crippen molar-refractivity contribution < 1.29 is 9.50 Å². The predicted molar refractivity (Wildman–Crippen MR) is 64.5 cm³/mol. The van der Waals surface area contributed by atoms with E-state index in [2.05, 4.69) is 0 Å². The molecule has 0 saturated heterocycles. The smallest absolute Gasteiger partial charge is 0.141 e. The summed E-state index contributed by atoms with van der Waals surface area (Å²) in [4.78, 5) is 1.96. The van der Waals surface area contributed by atoms with Gasteiger partial charge in [-0.1, -0.05) is 17.7 Å². The van der Waals surface area contributed by atoms with Crippen LogP contribution in [0.2, 0.25) is 5.02 Å². The molecule has 0 amide bonds. The Morgan fingerprint density at radius 3 is 2.62 bits per heavy atom. The number of thiophene rings is 1. The van der Waals surface area contributed by atoms with E-state index in [4.69, 9.17) is 11.6 Å². The van der Waals surface area contributed by atoms with Gasteiger partial charge in [0.1, 0.15) is 11.9 Å². The van der Waals surface area contributed by atoms with Crippen LogP contribution in [0, 0.1) is 12.7 Å². The van der Waals surface area contributed by atoms with E-state index in [-0.39, 0.29) is 5.02 Å². The summed E-state index contributed by atoms with van der Waals surface area (Å²) in [5.41, 5.74) is 0.605. The Morgan fingerprint density at radius 2 is 2.06 bits per heavy atom. The van der Waals surface area contributed by atoms with Crippen LogP contribution in [0.1, 0.15) is 21.4 Å². The molecule has 0 saturated carbocycles. The van der Waals surface area contributed by atoms with E-state index < -0.39 is 11.9 Å². The lowest BCUT2D eigenvalue weighted by atomic mass is 10.1. The number of hydrogen-bond acceptors (Lipinski definition) is 2. The maximum absolute atomic E-state index is 13.0. The van der Waals surface area contributed by atoms with E-state index in [1.54, 1.807) is 6.07 Å². The van der Waals surface area contributed by atoms with Gasteiger partial charge in [0.15, 0.2) is 0 Å². The first-order valence-electron chi connectivity index (χ1n) is 4.77. The van der Waals surface area contributed by atoms with Gasteiger partial charge in [-0.15, -0.1) is 11.3 Å². The first kappa shape index (κ1) is 11.6. The predicted octanol–water partition coefficient (Wildman–Crippen LogP) is 3.93. The van der Waals surface area contributed by atoms with Gasteiger partial charge in [0.05, 0.1) is 5.02 Å². The molecule has 1 nitrogen and oxygen atoms in total. The molecule has 0 aliphatic heterocycles. The summed E-state index contributed by atoms with van der Waals surface area (Å²) < 4.78 is 13.0. The van der Waals surface area contributed by atoms with E-state index >= 15 is 0 Å². The van der Waals surface area contributed by atoms with Crippen molar-refractivity contribution in [1.29, 1.82) is 0 Å². The van der Waals surface area contributed by atoms with Gasteiger partial charge in [0.2, 0.25) is 0 Å². The summed E-state index contributed by atoms with van der Waals surface area (Å²) in [7, 11) is 0. The molecule has 0 radical (unpaired) electrons. The summed E-state index contributed by atoms with van der Waals surface area (Å²) in [5, 5.41) is 10.1. The van der Waals surface area contributed by atoms with Crippen LogP contribution in [0.4, 0.5) is 4.39 Å². The number of benzene rings is 1. The van der Waals surface area contributed by atoms with Crippen molar-refractivity contribution >= 4 is 22.9 Å². The Balaban J connectivity index is 2.33. The van der Waals surface area contributed by atoms with Crippen LogP contribution in [0.15, 0.2) is 30.3 Å². The second-order valence-corrected chi connectivity index (χ2v) is 5.25. The van der Waals surface area contributed by atoms with Crippen LogP contribution in [0.5, 0.6) is 0 Å². The number of aliphatic hydroxyl groups is 1. The molecule has 0 unspecified atom stereocenters. The van der Waals surface area contributed by atoms with Crippen LogP contribution in [-0.4, -0.2) is 5.11 Å². The molecule has 2 aromatic rings. The summed E-state index contributed by atoms with van der Waals surface area (Å²) in [6.07, 6.45) is -0.739. The Morgan fingerprint density at radius 1 is 1.31 bits per heavy atom. The van der Waals surface area contributed by atoms with Crippen molar-refractivity contribution in [2.24, 2.45) is 0 Å². The molecule has 16 heavy (non-hydrogen) atoms. The molecule has 2 rings (SSSR count). The molecule has 1 heterocycles. The molecular formula is C12H10ClFOS. The summed E-state index contributed by atoms with van der Waals surface area (Å²) >= 11 is 7.18. The summed E-state index contributed by atoms with van der Waals surface area (Å²) in [6, 6.07) is 8.06. The zero-order chi connectivity index (χ0) is 11.7. The van der Waals surface area contributed by atoms with Gasteiger partial charge in [0, 0.05) is 9.75 Å². The molecule has 1 N–H and O–H groups in total. The number of hydrogen-bond donors (Lipinski definition) is 1. The lowest BCUT2D eigenvalue weighted by Gasteiger charge is -2.09. The number of aryl methyl sites for hydroxylation is 1. The first-order chi connectivity index (χ1) is 7.58. The fourth-order valence-electron chi connectivity index (χ4n) is 1.45. The van der Waals surface area contributed by atoms with Crippen LogP contribution in [0.3, 0.4) is 0 Å². The third-order valence-corrected chi connectivity index (χ3v) is 3.63. The van der Waals surface area contributed by atoms with Crippen molar-refractivity contribution in [3.63, 3.8) is 0 Å². The van der Waals surface area contributed by atoms with E-state index in [0.29, 0.717) is 5.56 Å². The Kier molecular flexibility index (Phi) is 3.28. The molecule has 1 atom stereocenters. The quantitative estimate of drug-likeness (QED) is 0.863. The minimum Gasteiger partial charge on any atom is -0.383 e. The Bertz CT molecular complexity index is 509. The minimum atomic E-state index is -0.739. The first-order valence-corrected chi connectivity index (χ1v) is 5.96. The van der Waals surface area contributed by atoms with Crippen molar-refractivity contribution in [1.82, 2.24) is 0 Å². The second-order valence-electron chi connectivity index (χ2n) is 3.52. The normalized spacial score (nSPS) is 12.8. The summed E-state index contributed by atoms with van der Waals surface area (Å²) in [5.74, 6) is -0.472. The van der Waals surface area contributed by atoms with Gasteiger partial charge in [-0.25, -0.2) is 4.39 Å². The number of aliphatic hydroxyl groups excluding tert-OH is 1. The molecule has 0 spiro atoms. The van der Waals surface area contributed by atoms with Crippen molar-refractivity contribution in [3.05, 3.63) is 56.5 Å². The highest BCUT2D eigenvalue weighted by Crippen LogP contribution is 2.29. The number of rotatable bonds is 2. The molecule has 1 aromatic heterocycles. The zero-order valence-corrected chi connectivity index (χ0v) is 10.1. The lowest BCUT2D eigenvalue weighted by molar-refractivity contribution is 0.224. The molecule has 4 heteroatoms. The molecule has 0 fully saturated rings. The fraction of sp³-hybridized carbons (Fsp3) is 0.167. The Labute approximate surface area is 102 Å². The molecule has 0 aliphatic carbocycles. The van der Waals surface area contributed by atoms with E-state index in [0.717, 1.165) is 9.75 Å². The molecular weight excluding hydrogens is 247 g/mol. The highest BCUT2D eigenvalue weighted by molar-refractivity contribution is 7.12. The maximum Gasteiger partial charge on any atom is 0.141 e. The van der Waals surface area contributed by atoms with Crippen LogP contribution in [-0.2, 0) is 0 Å². The minimum absolute atomic E-state index is 0.0322. The van der Waals surface area contributed by atoms with Gasteiger partial charge in [0.25, 0.3) is 0 Å². The topological polar surface area (TPSA) is 20.2 Å². The van der Waals surface area contributed by atoms with E-state index in [1.807, 2.05) is 19.1 Å². The van der Waals surface area contributed by atoms with Gasteiger partial charge < -0.3 is 5.11 Å². The van der Waals surface area contributed by atoms with Gasteiger partial charge in [-0.2, -0.15) is 0 Å². The average molecular weight is 257 g/mol. The Hall–Kier alpha value is -0.900. The SMILES string of the molecule is Cc1ccc([C@H](O)c2ccc(F)c(Cl)c2)s1. The van der Waals surface area contributed by atoms with Crippen molar-refractivity contribution in [3.8, 4) is 0 Å². The number of halogens is 2. The van der Waals surface area contributed by atoms with Gasteiger partial charge >= 0.3 is 0 Å². The average Bonchev–Trinajstić information content (AvgIpc) is 2.68. The van der Waals surface area contributed by atoms with Crippen molar-refractivity contribution in [2.75, 3.05) is 0 Å². The molecule has 1 aromatic carbocycles. The van der Waals surface area contributed by atoms with Gasteiger partial charge in [-0.3, -0.25) is 0 Å². The molecule has 0 bridgehead atoms. The summed E-state index contributed by atoms with van der Waals surface area (Å²) in [6.45, 7) is 1.97. The zero-order valence-electron chi connectivity index (χ0n) is 8.58. The maximum atomic E-state index is 13.0. The highest BCUT2D eigenvalue weighted by atomic mass is 35.5. The fourth-order valence-corrected chi connectivity index (χ4v) is 2.53. The standard InChI is InChI=1S/C12H10ClFOS/c1-7-2-5-11(16-7)12(15)8-3-4-10(14)9(13)6-8/h2-6,12,15H,1H3/t12-/m1/s1. The van der Waals surface area contributed by atoms with E-state index in [1.165, 1.54) is 23.5 Å². The van der Waals surface area contributed by atoms with E-state index in [9.17, 15) is 9.50 Å². The monoisotopic (exact) mass is 256 g/mol. The van der Waals surface area contributed by atoms with Crippen LogP contribution < -0.4 is 0 Å². The molecule has 84 valence electrons. The largest absolute Gasteiger partial charge is 0.383 e. The van der Waals surface area contributed by atoms with Crippen LogP contribution in [0.25, 0.3) is 0 Å². The van der Waals surface area contributed by atoms with Gasteiger partial charge in [-0.05, 0) is 36.8 Å². The lowest BCUT2D eigenvalue weighted by Crippen LogP contribution is -1.97. The van der Waals surface area contributed by atoms with Crippen molar-refractivity contribution in [2.45, 2.75) is 13.0 Å². The third kappa shape index (κ3) is 2.26.